The molecule has 1 aromatic carbocycles. The second kappa shape index (κ2) is 5.93. The molecule has 6 rings (SSSR count). The third kappa shape index (κ3) is 2.55. The Morgan fingerprint density at radius 3 is 2.37 bits per heavy atom. The predicted octanol–water partition coefficient (Wildman–Crippen LogP) is 3.03. The molecule has 3 amide bonds. The molecule has 6 unspecified atom stereocenters. The van der Waals surface area contributed by atoms with Crippen LogP contribution in [0, 0.1) is 42.4 Å². The number of anilines is 1. The minimum atomic E-state index is -0.227. The summed E-state index contributed by atoms with van der Waals surface area (Å²) in [6.45, 7) is 2.04. The molecule has 2 bridgehead atoms. The molecule has 5 nitrogen and oxygen atoms in total. The molecule has 6 atom stereocenters. The smallest absolute Gasteiger partial charge is 0.233 e. The van der Waals surface area contributed by atoms with E-state index in [1.807, 2.05) is 13.0 Å². The first-order chi connectivity index (χ1) is 13.0. The van der Waals surface area contributed by atoms with Crippen molar-refractivity contribution in [1.29, 1.82) is 0 Å². The largest absolute Gasteiger partial charge is 0.326 e. The van der Waals surface area contributed by atoms with Crippen LogP contribution in [0.3, 0.4) is 0 Å². The van der Waals surface area contributed by atoms with Crippen molar-refractivity contribution >= 4 is 35.0 Å². The summed E-state index contributed by atoms with van der Waals surface area (Å²) in [7, 11) is 0. The van der Waals surface area contributed by atoms with Gasteiger partial charge in [0.1, 0.15) is 0 Å². The van der Waals surface area contributed by atoms with Crippen molar-refractivity contribution in [2.45, 2.75) is 19.8 Å². The Bertz CT molecular complexity index is 859. The van der Waals surface area contributed by atoms with Gasteiger partial charge >= 0.3 is 0 Å². The number of carbonyl (C=O) groups excluding carboxylic acids is 3. The van der Waals surface area contributed by atoms with E-state index in [0.29, 0.717) is 22.5 Å². The highest BCUT2D eigenvalue weighted by Crippen LogP contribution is 2.65. The van der Waals surface area contributed by atoms with Crippen LogP contribution < -0.4 is 5.32 Å². The molecular formula is C21H21ClN2O3. The molecule has 0 radical (unpaired) electrons. The van der Waals surface area contributed by atoms with Gasteiger partial charge in [0.05, 0.1) is 11.8 Å². The molecule has 4 aliphatic carbocycles. The lowest BCUT2D eigenvalue weighted by Crippen LogP contribution is -2.40. The van der Waals surface area contributed by atoms with Crippen molar-refractivity contribution in [3.8, 4) is 0 Å². The second-order valence-corrected chi connectivity index (χ2v) is 8.65. The average Bonchev–Trinajstić information content (AvgIpc) is 3.42. The number of rotatable bonds is 4. The average molecular weight is 385 g/mol. The Kier molecular flexibility index (Phi) is 3.73. The van der Waals surface area contributed by atoms with Crippen LogP contribution in [0.15, 0.2) is 30.4 Å². The number of imide groups is 1. The number of halogens is 1. The van der Waals surface area contributed by atoms with E-state index in [1.54, 1.807) is 12.1 Å². The Hall–Kier alpha value is -2.14. The SMILES string of the molecule is Cc1ccc(NC(=O)CCN2C(=O)C3C4C=CC(C5CC45)C3C2=O)cc1Cl. The van der Waals surface area contributed by atoms with Crippen molar-refractivity contribution in [1.82, 2.24) is 4.90 Å². The molecule has 1 N–H and O–H groups in total. The fourth-order valence-electron chi connectivity index (χ4n) is 5.35. The second-order valence-electron chi connectivity index (χ2n) is 8.24. The minimum Gasteiger partial charge on any atom is -0.326 e. The molecule has 0 spiro atoms. The van der Waals surface area contributed by atoms with Crippen LogP contribution in [0.25, 0.3) is 0 Å². The van der Waals surface area contributed by atoms with Gasteiger partial charge in [0.2, 0.25) is 17.7 Å². The molecule has 1 saturated heterocycles. The number of hydrogen-bond donors (Lipinski definition) is 1. The highest BCUT2D eigenvalue weighted by Gasteiger charge is 2.66. The number of benzene rings is 1. The van der Waals surface area contributed by atoms with Crippen LogP contribution in [0.4, 0.5) is 5.69 Å². The highest BCUT2D eigenvalue weighted by atomic mass is 35.5. The first-order valence-corrected chi connectivity index (χ1v) is 9.93. The first kappa shape index (κ1) is 17.0. The molecule has 1 aromatic rings. The van der Waals surface area contributed by atoms with E-state index in [1.165, 1.54) is 4.90 Å². The number of amides is 3. The van der Waals surface area contributed by atoms with Gasteiger partial charge in [-0.25, -0.2) is 0 Å². The van der Waals surface area contributed by atoms with Crippen LogP contribution in [0.1, 0.15) is 18.4 Å². The van der Waals surface area contributed by atoms with E-state index in [0.717, 1.165) is 12.0 Å². The monoisotopic (exact) mass is 384 g/mol. The van der Waals surface area contributed by atoms with Gasteiger partial charge in [0.25, 0.3) is 0 Å². The maximum absolute atomic E-state index is 12.9. The summed E-state index contributed by atoms with van der Waals surface area (Å²) < 4.78 is 0. The zero-order valence-electron chi connectivity index (χ0n) is 15.0. The van der Waals surface area contributed by atoms with Crippen LogP contribution in [0.2, 0.25) is 5.02 Å². The van der Waals surface area contributed by atoms with Gasteiger partial charge in [-0.15, -0.1) is 0 Å². The van der Waals surface area contributed by atoms with Gasteiger partial charge in [-0.3, -0.25) is 19.3 Å². The van der Waals surface area contributed by atoms with Gasteiger partial charge in [-0.05, 0) is 54.7 Å². The van der Waals surface area contributed by atoms with Crippen molar-refractivity contribution < 1.29 is 14.4 Å². The van der Waals surface area contributed by atoms with E-state index < -0.39 is 0 Å². The van der Waals surface area contributed by atoms with Crippen molar-refractivity contribution in [3.63, 3.8) is 0 Å². The number of carbonyl (C=O) groups is 3. The maximum atomic E-state index is 12.9. The van der Waals surface area contributed by atoms with E-state index in [2.05, 4.69) is 17.5 Å². The number of allylic oxidation sites excluding steroid dienone is 2. The molecule has 2 saturated carbocycles. The zero-order valence-corrected chi connectivity index (χ0v) is 15.8. The summed E-state index contributed by atoms with van der Waals surface area (Å²) in [5.41, 5.74) is 1.55. The number of nitrogens with one attached hydrogen (secondary N) is 1. The lowest BCUT2D eigenvalue weighted by atomic mass is 9.63. The molecule has 6 heteroatoms. The summed E-state index contributed by atoms with van der Waals surface area (Å²) in [6, 6.07) is 5.32. The zero-order chi connectivity index (χ0) is 18.9. The van der Waals surface area contributed by atoms with Gasteiger partial charge in [0, 0.05) is 23.7 Å². The predicted molar refractivity (Wildman–Crippen MR) is 101 cm³/mol. The van der Waals surface area contributed by atoms with Gasteiger partial charge in [-0.1, -0.05) is 29.8 Å². The van der Waals surface area contributed by atoms with Crippen LogP contribution in [0.5, 0.6) is 0 Å². The van der Waals surface area contributed by atoms with Crippen LogP contribution in [-0.2, 0) is 14.4 Å². The maximum Gasteiger partial charge on any atom is 0.233 e. The Labute approximate surface area is 162 Å². The summed E-state index contributed by atoms with van der Waals surface area (Å²) in [5.74, 6) is 0.826. The summed E-state index contributed by atoms with van der Waals surface area (Å²) in [4.78, 5) is 39.4. The fraction of sp³-hybridized carbons (Fsp3) is 0.476. The molecule has 1 aliphatic heterocycles. The fourth-order valence-corrected chi connectivity index (χ4v) is 5.53. The quantitative estimate of drug-likeness (QED) is 0.641. The van der Waals surface area contributed by atoms with E-state index in [4.69, 9.17) is 11.6 Å². The Morgan fingerprint density at radius 1 is 1.15 bits per heavy atom. The number of likely N-dealkylation sites (tertiary alicyclic amines) is 1. The summed E-state index contributed by atoms with van der Waals surface area (Å²) in [6.07, 6.45) is 5.56. The Morgan fingerprint density at radius 2 is 1.78 bits per heavy atom. The van der Waals surface area contributed by atoms with Crippen LogP contribution in [-0.4, -0.2) is 29.2 Å². The number of hydrogen-bond acceptors (Lipinski definition) is 3. The van der Waals surface area contributed by atoms with Crippen molar-refractivity contribution in [2.24, 2.45) is 35.5 Å². The third-order valence-corrected chi connectivity index (χ3v) is 7.18. The van der Waals surface area contributed by atoms with E-state index in [-0.39, 0.29) is 54.4 Å². The molecular weight excluding hydrogens is 364 g/mol. The molecule has 0 aromatic heterocycles. The molecule has 5 aliphatic rings. The lowest BCUT2D eigenvalue weighted by Gasteiger charge is -2.37. The number of aryl methyl sites for hydroxylation is 1. The van der Waals surface area contributed by atoms with Crippen LogP contribution >= 0.6 is 11.6 Å². The first-order valence-electron chi connectivity index (χ1n) is 9.55. The summed E-state index contributed by atoms with van der Waals surface area (Å²) >= 11 is 6.08. The summed E-state index contributed by atoms with van der Waals surface area (Å²) in [5, 5.41) is 3.37. The minimum absolute atomic E-state index is 0.0825. The molecule has 140 valence electrons. The number of nitrogens with zero attached hydrogens (tertiary/aromatic N) is 1. The molecule has 1 heterocycles. The molecule has 27 heavy (non-hydrogen) atoms. The topological polar surface area (TPSA) is 66.5 Å². The standard InChI is InChI=1S/C21H21ClN2O3/c1-10-2-3-11(8-16(10)22)23-17(25)6-7-24-20(26)18-12-4-5-13(15-9-14(12)15)19(18)21(24)27/h2-5,8,12-15,18-19H,6-7,9H2,1H3,(H,23,25). The van der Waals surface area contributed by atoms with Gasteiger partial charge in [0.15, 0.2) is 0 Å². The van der Waals surface area contributed by atoms with Gasteiger partial charge in [-0.2, -0.15) is 0 Å². The Balaban J connectivity index is 1.24. The third-order valence-electron chi connectivity index (χ3n) is 6.77. The molecule has 3 fully saturated rings. The van der Waals surface area contributed by atoms with Gasteiger partial charge < -0.3 is 5.32 Å². The van der Waals surface area contributed by atoms with Crippen molar-refractivity contribution in [2.75, 3.05) is 11.9 Å². The van der Waals surface area contributed by atoms with Crippen molar-refractivity contribution in [3.05, 3.63) is 40.9 Å². The normalized spacial score (nSPS) is 35.3. The van der Waals surface area contributed by atoms with E-state index >= 15 is 0 Å². The lowest BCUT2D eigenvalue weighted by molar-refractivity contribution is -0.140. The highest BCUT2D eigenvalue weighted by molar-refractivity contribution is 6.31. The van der Waals surface area contributed by atoms with E-state index in [9.17, 15) is 14.4 Å².